The SMILES string of the molecule is CC(C)(C)c1ccc2c(c1)C1(c3ccccc3-c3ccccc31)c1cc(N3c4ccccc4C(C=N)(c4ccccc4)c4ccccc43)ccc1-2. The smallest absolute Gasteiger partial charge is 0.0837 e. The molecule has 0 bridgehead atoms. The Morgan fingerprint density at radius 2 is 0.941 bits per heavy atom. The number of anilines is 3. The lowest BCUT2D eigenvalue weighted by Crippen LogP contribution is -2.37. The van der Waals surface area contributed by atoms with Gasteiger partial charge in [0, 0.05) is 11.9 Å². The first-order chi connectivity index (χ1) is 24.9. The second-order valence-corrected chi connectivity index (χ2v) is 15.3. The van der Waals surface area contributed by atoms with Crippen molar-refractivity contribution in [2.75, 3.05) is 4.90 Å². The van der Waals surface area contributed by atoms with E-state index in [4.69, 9.17) is 5.41 Å². The minimum atomic E-state index is -0.716. The number of rotatable bonds is 3. The molecule has 2 nitrogen and oxygen atoms in total. The van der Waals surface area contributed by atoms with Gasteiger partial charge in [-0.3, -0.25) is 0 Å². The van der Waals surface area contributed by atoms with Gasteiger partial charge in [0.2, 0.25) is 0 Å². The van der Waals surface area contributed by atoms with Crippen molar-refractivity contribution in [3.05, 3.63) is 208 Å². The van der Waals surface area contributed by atoms with Gasteiger partial charge < -0.3 is 10.3 Å². The fraction of sp³-hybridized carbons (Fsp3) is 0.122. The topological polar surface area (TPSA) is 27.1 Å². The van der Waals surface area contributed by atoms with Crippen molar-refractivity contribution >= 4 is 23.3 Å². The van der Waals surface area contributed by atoms with Crippen molar-refractivity contribution in [2.45, 2.75) is 37.0 Å². The molecule has 0 atom stereocenters. The van der Waals surface area contributed by atoms with Gasteiger partial charge in [-0.25, -0.2) is 0 Å². The number of nitrogens with one attached hydrogen (secondary N) is 1. The number of para-hydroxylation sites is 2. The molecule has 2 heteroatoms. The second-order valence-electron chi connectivity index (χ2n) is 15.3. The van der Waals surface area contributed by atoms with Crippen LogP contribution in [0.4, 0.5) is 17.1 Å². The zero-order chi connectivity index (χ0) is 34.5. The minimum absolute atomic E-state index is 0.00906. The number of fused-ring (bicyclic) bond motifs is 12. The molecule has 2 aliphatic carbocycles. The summed E-state index contributed by atoms with van der Waals surface area (Å²) in [5.74, 6) is 0. The summed E-state index contributed by atoms with van der Waals surface area (Å²) in [5, 5.41) is 9.05. The predicted molar refractivity (Wildman–Crippen MR) is 211 cm³/mol. The van der Waals surface area contributed by atoms with Crippen LogP contribution in [0.25, 0.3) is 22.3 Å². The highest BCUT2D eigenvalue weighted by Gasteiger charge is 2.52. The van der Waals surface area contributed by atoms with Crippen LogP contribution in [-0.2, 0) is 16.2 Å². The molecule has 244 valence electrons. The van der Waals surface area contributed by atoms with Crippen LogP contribution in [-0.4, -0.2) is 6.21 Å². The van der Waals surface area contributed by atoms with Crippen molar-refractivity contribution in [1.82, 2.24) is 0 Å². The lowest BCUT2D eigenvalue weighted by atomic mass is 9.67. The first-order valence-electron chi connectivity index (χ1n) is 17.9. The quantitative estimate of drug-likeness (QED) is 0.189. The molecule has 0 radical (unpaired) electrons. The summed E-state index contributed by atoms with van der Waals surface area (Å²) < 4.78 is 0. The maximum absolute atomic E-state index is 9.05. The van der Waals surface area contributed by atoms with E-state index in [1.807, 2.05) is 0 Å². The van der Waals surface area contributed by atoms with Crippen LogP contribution in [0.3, 0.4) is 0 Å². The Hall–Kier alpha value is -5.99. The van der Waals surface area contributed by atoms with Gasteiger partial charge in [-0.05, 0) is 96.4 Å². The average molecular weight is 655 g/mol. The van der Waals surface area contributed by atoms with Gasteiger partial charge in [-0.15, -0.1) is 0 Å². The summed E-state index contributed by atoms with van der Waals surface area (Å²) in [5.41, 5.74) is 17.4. The largest absolute Gasteiger partial charge is 0.311 e. The molecule has 10 rings (SSSR count). The number of hydrogen-bond donors (Lipinski definition) is 1. The van der Waals surface area contributed by atoms with Crippen LogP contribution in [0.15, 0.2) is 164 Å². The highest BCUT2D eigenvalue weighted by molar-refractivity contribution is 5.99. The van der Waals surface area contributed by atoms with Crippen molar-refractivity contribution in [2.24, 2.45) is 0 Å². The molecule has 1 N–H and O–H groups in total. The summed E-state index contributed by atoms with van der Waals surface area (Å²) in [6.45, 7) is 6.94. The summed E-state index contributed by atoms with van der Waals surface area (Å²) in [6, 6.07) is 60.3. The maximum Gasteiger partial charge on any atom is 0.0837 e. The molecule has 0 aromatic heterocycles. The molecule has 0 unspecified atom stereocenters. The molecule has 7 aromatic carbocycles. The Morgan fingerprint density at radius 3 is 1.51 bits per heavy atom. The summed E-state index contributed by atoms with van der Waals surface area (Å²) >= 11 is 0. The monoisotopic (exact) mass is 654 g/mol. The summed E-state index contributed by atoms with van der Waals surface area (Å²) in [6.07, 6.45) is 1.64. The zero-order valence-corrected chi connectivity index (χ0v) is 29.1. The van der Waals surface area contributed by atoms with E-state index in [1.165, 1.54) is 50.1 Å². The molecule has 0 saturated heterocycles. The van der Waals surface area contributed by atoms with Crippen LogP contribution < -0.4 is 4.90 Å². The van der Waals surface area contributed by atoms with Gasteiger partial charge in [0.15, 0.2) is 0 Å². The number of hydrogen-bond acceptors (Lipinski definition) is 2. The van der Waals surface area contributed by atoms with Crippen LogP contribution in [0.5, 0.6) is 0 Å². The van der Waals surface area contributed by atoms with Gasteiger partial charge in [0.1, 0.15) is 0 Å². The second kappa shape index (κ2) is 10.5. The molecule has 51 heavy (non-hydrogen) atoms. The van der Waals surface area contributed by atoms with Gasteiger partial charge in [-0.1, -0.05) is 160 Å². The molecule has 1 aliphatic heterocycles. The molecule has 3 aliphatic rings. The van der Waals surface area contributed by atoms with Crippen molar-refractivity contribution in [3.8, 4) is 22.3 Å². The molecule has 0 amide bonds. The lowest BCUT2D eigenvalue weighted by molar-refractivity contribution is 0.588. The third kappa shape index (κ3) is 3.80. The third-order valence-corrected chi connectivity index (χ3v) is 11.8. The Balaban J connectivity index is 1.28. The molecular formula is C49H38N2. The molecule has 1 spiro atoms. The van der Waals surface area contributed by atoms with Crippen LogP contribution in [0.1, 0.15) is 65.3 Å². The van der Waals surface area contributed by atoms with E-state index in [1.54, 1.807) is 6.21 Å². The first-order valence-corrected chi connectivity index (χ1v) is 17.9. The Labute approximate surface area is 300 Å². The Morgan fingerprint density at radius 1 is 0.471 bits per heavy atom. The maximum atomic E-state index is 9.05. The third-order valence-electron chi connectivity index (χ3n) is 11.8. The number of benzene rings is 7. The van der Waals surface area contributed by atoms with Crippen LogP contribution >= 0.6 is 0 Å². The number of nitrogens with zero attached hydrogens (tertiary/aromatic N) is 1. The first kappa shape index (κ1) is 29.9. The molecule has 0 saturated carbocycles. The highest BCUT2D eigenvalue weighted by atomic mass is 15.2. The van der Waals surface area contributed by atoms with E-state index in [9.17, 15) is 0 Å². The van der Waals surface area contributed by atoms with E-state index in [2.05, 4.69) is 189 Å². The van der Waals surface area contributed by atoms with E-state index >= 15 is 0 Å². The van der Waals surface area contributed by atoms with Crippen molar-refractivity contribution < 1.29 is 0 Å². The Kier molecular flexibility index (Phi) is 6.16. The van der Waals surface area contributed by atoms with Gasteiger partial charge in [0.05, 0.1) is 22.2 Å². The summed E-state index contributed by atoms with van der Waals surface area (Å²) in [4.78, 5) is 2.43. The standard InChI is InChI=1S/C49H38N2/c1-47(2,3)33-25-27-37-38-28-26-34(30-44(38)49(43(37)29-33)39-19-9-7-17-35(39)36-18-8-10-20-40(36)49)51-45-23-13-11-21-41(45)48(31-50,32-15-5-4-6-16-32)42-22-12-14-24-46(42)51/h4-31,50H,1-3H3. The zero-order valence-electron chi connectivity index (χ0n) is 29.1. The fourth-order valence-electron chi connectivity index (χ4n) is 9.54. The highest BCUT2D eigenvalue weighted by Crippen LogP contribution is 2.64. The molecule has 0 fully saturated rings. The van der Waals surface area contributed by atoms with E-state index < -0.39 is 10.8 Å². The van der Waals surface area contributed by atoms with Gasteiger partial charge in [0.25, 0.3) is 0 Å². The van der Waals surface area contributed by atoms with Crippen molar-refractivity contribution in [1.29, 1.82) is 5.41 Å². The molecule has 7 aromatic rings. The lowest BCUT2D eigenvalue weighted by Gasteiger charge is -2.44. The van der Waals surface area contributed by atoms with E-state index in [0.29, 0.717) is 0 Å². The fourth-order valence-corrected chi connectivity index (χ4v) is 9.54. The van der Waals surface area contributed by atoms with E-state index in [-0.39, 0.29) is 5.41 Å². The average Bonchev–Trinajstić information content (AvgIpc) is 3.63. The summed E-state index contributed by atoms with van der Waals surface area (Å²) in [7, 11) is 0. The minimum Gasteiger partial charge on any atom is -0.311 e. The van der Waals surface area contributed by atoms with Gasteiger partial charge >= 0.3 is 0 Å². The predicted octanol–water partition coefficient (Wildman–Crippen LogP) is 12.1. The van der Waals surface area contributed by atoms with Crippen LogP contribution in [0, 0.1) is 5.41 Å². The van der Waals surface area contributed by atoms with E-state index in [0.717, 1.165) is 33.8 Å². The van der Waals surface area contributed by atoms with Crippen LogP contribution in [0.2, 0.25) is 0 Å². The van der Waals surface area contributed by atoms with Gasteiger partial charge in [-0.2, -0.15) is 0 Å². The Bertz CT molecular complexity index is 2460. The normalized spacial score (nSPS) is 15.3. The van der Waals surface area contributed by atoms with Crippen molar-refractivity contribution in [3.63, 3.8) is 0 Å². The molecular weight excluding hydrogens is 617 g/mol. The molecule has 1 heterocycles.